The molecule has 4 bridgehead atoms. The smallest absolute Gasteiger partial charge is 0.333 e. The van der Waals surface area contributed by atoms with Gasteiger partial charge in [-0.1, -0.05) is 6.58 Å². The second-order valence-corrected chi connectivity index (χ2v) is 7.98. The van der Waals surface area contributed by atoms with Gasteiger partial charge in [-0.05, 0) is 76.0 Å². The van der Waals surface area contributed by atoms with Crippen molar-refractivity contribution in [2.45, 2.75) is 64.4 Å². The Hall–Kier alpha value is -1.32. The molecule has 4 fully saturated rings. The Morgan fingerprint density at radius 1 is 1.09 bits per heavy atom. The van der Waals surface area contributed by atoms with E-state index in [9.17, 15) is 9.59 Å². The van der Waals surface area contributed by atoms with E-state index >= 15 is 0 Å². The summed E-state index contributed by atoms with van der Waals surface area (Å²) >= 11 is 0. The molecule has 4 aliphatic carbocycles. The molecule has 0 aromatic heterocycles. The van der Waals surface area contributed by atoms with Crippen molar-refractivity contribution in [1.82, 2.24) is 0 Å². The predicted molar refractivity (Wildman–Crippen MR) is 86.5 cm³/mol. The van der Waals surface area contributed by atoms with Crippen molar-refractivity contribution in [2.24, 2.45) is 23.7 Å². The number of carbonyl (C=O) groups excluding carboxylic acids is 2. The van der Waals surface area contributed by atoms with Crippen LogP contribution in [-0.4, -0.2) is 24.1 Å². The second kappa shape index (κ2) is 6.29. The molecule has 4 saturated carbocycles. The summed E-state index contributed by atoms with van der Waals surface area (Å²) in [4.78, 5) is 23.5. The summed E-state index contributed by atoms with van der Waals surface area (Å²) in [6.07, 6.45) is 7.13. The maximum absolute atomic E-state index is 12.2. The van der Waals surface area contributed by atoms with Gasteiger partial charge in [-0.3, -0.25) is 4.79 Å². The third-order valence-electron chi connectivity index (χ3n) is 6.20. The van der Waals surface area contributed by atoms with Crippen LogP contribution in [0.15, 0.2) is 12.2 Å². The maximum Gasteiger partial charge on any atom is 0.333 e. The molecule has 4 rings (SSSR count). The highest BCUT2D eigenvalue weighted by molar-refractivity contribution is 5.86. The van der Waals surface area contributed by atoms with E-state index in [-0.39, 0.29) is 18.2 Å². The number of esters is 2. The molecule has 0 atom stereocenters. The SMILES string of the molecule is C=C(C)C(=O)OCCCC(=O)OC1(C)C2CC3CC(C2)CC1C3. The molecule has 0 unspecified atom stereocenters. The third kappa shape index (κ3) is 3.31. The summed E-state index contributed by atoms with van der Waals surface area (Å²) in [5, 5.41) is 0. The summed E-state index contributed by atoms with van der Waals surface area (Å²) < 4.78 is 11.0. The first-order chi connectivity index (χ1) is 10.9. The lowest BCUT2D eigenvalue weighted by Crippen LogP contribution is -2.58. The van der Waals surface area contributed by atoms with Gasteiger partial charge >= 0.3 is 11.9 Å². The van der Waals surface area contributed by atoms with Crippen LogP contribution in [0.25, 0.3) is 0 Å². The molecule has 128 valence electrons. The fourth-order valence-electron chi connectivity index (χ4n) is 5.09. The lowest BCUT2D eigenvalue weighted by Gasteiger charge is -2.59. The van der Waals surface area contributed by atoms with E-state index in [1.807, 2.05) is 0 Å². The Kier molecular flexibility index (Phi) is 4.52. The minimum atomic E-state index is -0.397. The molecule has 0 amide bonds. The number of rotatable bonds is 6. The molecule has 0 aliphatic heterocycles. The topological polar surface area (TPSA) is 52.6 Å². The Morgan fingerprint density at radius 3 is 2.17 bits per heavy atom. The second-order valence-electron chi connectivity index (χ2n) is 7.98. The van der Waals surface area contributed by atoms with Gasteiger partial charge in [0, 0.05) is 12.0 Å². The molecule has 0 heterocycles. The highest BCUT2D eigenvalue weighted by Crippen LogP contribution is 2.59. The van der Waals surface area contributed by atoms with E-state index in [1.165, 1.54) is 32.1 Å². The Bertz CT molecular complexity index is 479. The first-order valence-electron chi connectivity index (χ1n) is 8.93. The van der Waals surface area contributed by atoms with E-state index in [0.717, 1.165) is 11.8 Å². The van der Waals surface area contributed by atoms with Gasteiger partial charge < -0.3 is 9.47 Å². The van der Waals surface area contributed by atoms with Crippen LogP contribution in [-0.2, 0) is 19.1 Å². The minimum Gasteiger partial charge on any atom is -0.462 e. The molecule has 0 aromatic rings. The van der Waals surface area contributed by atoms with Crippen molar-refractivity contribution < 1.29 is 19.1 Å². The summed E-state index contributed by atoms with van der Waals surface area (Å²) in [5.74, 6) is 2.28. The number of hydrogen-bond donors (Lipinski definition) is 0. The zero-order valence-electron chi connectivity index (χ0n) is 14.3. The quantitative estimate of drug-likeness (QED) is 0.426. The van der Waals surface area contributed by atoms with Gasteiger partial charge in [0.25, 0.3) is 0 Å². The van der Waals surface area contributed by atoms with Crippen LogP contribution in [0.3, 0.4) is 0 Å². The van der Waals surface area contributed by atoms with Gasteiger partial charge in [0.1, 0.15) is 5.60 Å². The van der Waals surface area contributed by atoms with E-state index in [0.29, 0.717) is 30.3 Å². The van der Waals surface area contributed by atoms with E-state index in [4.69, 9.17) is 9.47 Å². The monoisotopic (exact) mass is 320 g/mol. The van der Waals surface area contributed by atoms with Crippen LogP contribution >= 0.6 is 0 Å². The van der Waals surface area contributed by atoms with Crippen LogP contribution in [0.2, 0.25) is 0 Å². The summed E-state index contributed by atoms with van der Waals surface area (Å²) in [7, 11) is 0. The fraction of sp³-hybridized carbons (Fsp3) is 0.789. The lowest BCUT2D eigenvalue weighted by molar-refractivity contribution is -0.203. The van der Waals surface area contributed by atoms with Gasteiger partial charge in [0.2, 0.25) is 0 Å². The van der Waals surface area contributed by atoms with Crippen molar-refractivity contribution in [1.29, 1.82) is 0 Å². The molecule has 4 aliphatic rings. The molecule has 0 radical (unpaired) electrons. The standard InChI is InChI=1S/C19H28O4/c1-12(2)18(21)22-6-4-5-17(20)23-19(3)15-8-13-7-14(10-15)11-16(19)9-13/h13-16H,1,4-11H2,2-3H3. The van der Waals surface area contributed by atoms with Crippen molar-refractivity contribution in [2.75, 3.05) is 6.61 Å². The van der Waals surface area contributed by atoms with E-state index in [1.54, 1.807) is 6.92 Å². The first kappa shape index (κ1) is 16.5. The normalized spacial score (nSPS) is 37.5. The van der Waals surface area contributed by atoms with Gasteiger partial charge in [0.05, 0.1) is 6.61 Å². The maximum atomic E-state index is 12.2. The van der Waals surface area contributed by atoms with Gasteiger partial charge in [-0.2, -0.15) is 0 Å². The van der Waals surface area contributed by atoms with E-state index in [2.05, 4.69) is 13.5 Å². The zero-order chi connectivity index (χ0) is 16.6. The summed E-state index contributed by atoms with van der Waals surface area (Å²) in [6.45, 7) is 7.54. The van der Waals surface area contributed by atoms with Gasteiger partial charge in [-0.25, -0.2) is 4.79 Å². The largest absolute Gasteiger partial charge is 0.462 e. The van der Waals surface area contributed by atoms with Crippen molar-refractivity contribution in [3.63, 3.8) is 0 Å². The Balaban J connectivity index is 1.46. The van der Waals surface area contributed by atoms with Crippen LogP contribution in [0, 0.1) is 23.7 Å². The molecule has 0 saturated heterocycles. The average molecular weight is 320 g/mol. The lowest BCUT2D eigenvalue weighted by atomic mass is 9.50. The predicted octanol–water partition coefficient (Wildman–Crippen LogP) is 3.64. The first-order valence-corrected chi connectivity index (χ1v) is 8.93. The molecule has 0 N–H and O–H groups in total. The van der Waals surface area contributed by atoms with Crippen LogP contribution in [0.4, 0.5) is 0 Å². The molecule has 4 heteroatoms. The van der Waals surface area contributed by atoms with Crippen LogP contribution < -0.4 is 0 Å². The highest BCUT2D eigenvalue weighted by Gasteiger charge is 2.56. The molecular weight excluding hydrogens is 292 g/mol. The molecule has 0 aromatic carbocycles. The number of ether oxygens (including phenoxy) is 2. The molecule has 4 nitrogen and oxygen atoms in total. The Labute approximate surface area is 138 Å². The number of hydrogen-bond acceptors (Lipinski definition) is 4. The van der Waals surface area contributed by atoms with Crippen molar-refractivity contribution >= 4 is 11.9 Å². The van der Waals surface area contributed by atoms with Crippen molar-refractivity contribution in [3.8, 4) is 0 Å². The van der Waals surface area contributed by atoms with Crippen LogP contribution in [0.1, 0.15) is 58.8 Å². The van der Waals surface area contributed by atoms with Crippen LogP contribution in [0.5, 0.6) is 0 Å². The molecular formula is C19H28O4. The van der Waals surface area contributed by atoms with Gasteiger partial charge in [0.15, 0.2) is 0 Å². The minimum absolute atomic E-state index is 0.147. The summed E-state index contributed by atoms with van der Waals surface area (Å²) in [5.41, 5.74) is 0.118. The zero-order valence-corrected chi connectivity index (χ0v) is 14.3. The highest BCUT2D eigenvalue weighted by atomic mass is 16.6. The molecule has 0 spiro atoms. The molecule has 23 heavy (non-hydrogen) atoms. The average Bonchev–Trinajstić information content (AvgIpc) is 2.48. The van der Waals surface area contributed by atoms with Crippen molar-refractivity contribution in [3.05, 3.63) is 12.2 Å². The summed E-state index contributed by atoms with van der Waals surface area (Å²) in [6, 6.07) is 0. The Morgan fingerprint density at radius 2 is 1.65 bits per heavy atom. The third-order valence-corrected chi connectivity index (χ3v) is 6.20. The number of carbonyl (C=O) groups is 2. The van der Waals surface area contributed by atoms with Gasteiger partial charge in [-0.15, -0.1) is 0 Å². The van der Waals surface area contributed by atoms with E-state index < -0.39 is 5.97 Å². The fourth-order valence-corrected chi connectivity index (χ4v) is 5.09.